The molecular weight excluding hydrogens is 210 g/mol. The quantitative estimate of drug-likeness (QED) is 0.793. The molecule has 0 unspecified atom stereocenters. The van der Waals surface area contributed by atoms with Gasteiger partial charge in [-0.15, -0.1) is 0 Å². The van der Waals surface area contributed by atoms with Crippen molar-refractivity contribution in [1.29, 1.82) is 0 Å². The Labute approximate surface area is 104 Å². The Morgan fingerprint density at radius 2 is 2.18 bits per heavy atom. The highest BCUT2D eigenvalue weighted by atomic mass is 15.3. The van der Waals surface area contributed by atoms with E-state index in [-0.39, 0.29) is 0 Å². The molecule has 0 radical (unpaired) electrons. The van der Waals surface area contributed by atoms with Gasteiger partial charge in [0.05, 0.1) is 0 Å². The lowest BCUT2D eigenvalue weighted by Gasteiger charge is -2.38. The minimum Gasteiger partial charge on any atom is -0.304 e. The van der Waals surface area contributed by atoms with E-state index in [9.17, 15) is 0 Å². The SMILES string of the molecule is CCc1ccc(CN2CCN(C)C[C@@H]2C)cn1. The Kier molecular flexibility index (Phi) is 4.13. The van der Waals surface area contributed by atoms with Crippen LogP contribution in [-0.4, -0.2) is 47.5 Å². The van der Waals surface area contributed by atoms with E-state index in [0.717, 1.165) is 19.5 Å². The van der Waals surface area contributed by atoms with Crippen LogP contribution in [0.2, 0.25) is 0 Å². The zero-order valence-corrected chi connectivity index (χ0v) is 11.2. The van der Waals surface area contributed by atoms with Gasteiger partial charge in [0.25, 0.3) is 0 Å². The normalized spacial score (nSPS) is 22.9. The van der Waals surface area contributed by atoms with Crippen molar-refractivity contribution in [2.24, 2.45) is 0 Å². The molecule has 1 aromatic rings. The molecule has 1 aromatic heterocycles. The Balaban J connectivity index is 1.95. The van der Waals surface area contributed by atoms with Crippen LogP contribution in [0.1, 0.15) is 25.1 Å². The third-order valence-corrected chi connectivity index (χ3v) is 3.60. The lowest BCUT2D eigenvalue weighted by molar-refractivity contribution is 0.0937. The van der Waals surface area contributed by atoms with Gasteiger partial charge in [0.2, 0.25) is 0 Å². The number of rotatable bonds is 3. The molecule has 1 aliphatic rings. The third-order valence-electron chi connectivity index (χ3n) is 3.60. The maximum atomic E-state index is 4.47. The minimum atomic E-state index is 0.639. The molecule has 1 fully saturated rings. The van der Waals surface area contributed by atoms with Crippen molar-refractivity contribution in [2.45, 2.75) is 32.9 Å². The molecule has 2 rings (SSSR count). The van der Waals surface area contributed by atoms with Gasteiger partial charge in [-0.25, -0.2) is 0 Å². The summed E-state index contributed by atoms with van der Waals surface area (Å²) in [5.74, 6) is 0. The zero-order chi connectivity index (χ0) is 12.3. The van der Waals surface area contributed by atoms with Gasteiger partial charge in [0, 0.05) is 44.1 Å². The lowest BCUT2D eigenvalue weighted by atomic mass is 10.1. The molecule has 0 amide bonds. The number of aromatic nitrogens is 1. The molecule has 0 aromatic carbocycles. The van der Waals surface area contributed by atoms with Gasteiger partial charge in [0.15, 0.2) is 0 Å². The average Bonchev–Trinajstić information content (AvgIpc) is 2.34. The van der Waals surface area contributed by atoms with Gasteiger partial charge in [-0.3, -0.25) is 9.88 Å². The molecule has 2 heterocycles. The molecular formula is C14H23N3. The van der Waals surface area contributed by atoms with Crippen LogP contribution in [0, 0.1) is 0 Å². The molecule has 17 heavy (non-hydrogen) atoms. The Bertz CT molecular complexity index is 347. The Morgan fingerprint density at radius 3 is 2.76 bits per heavy atom. The molecule has 3 nitrogen and oxygen atoms in total. The zero-order valence-electron chi connectivity index (χ0n) is 11.2. The van der Waals surface area contributed by atoms with Crippen LogP contribution in [0.25, 0.3) is 0 Å². The van der Waals surface area contributed by atoms with Crippen molar-refractivity contribution in [1.82, 2.24) is 14.8 Å². The van der Waals surface area contributed by atoms with E-state index in [1.807, 2.05) is 6.20 Å². The van der Waals surface area contributed by atoms with E-state index in [2.05, 4.69) is 47.8 Å². The molecule has 94 valence electrons. The molecule has 0 saturated carbocycles. The highest BCUT2D eigenvalue weighted by molar-refractivity contribution is 5.14. The smallest absolute Gasteiger partial charge is 0.0401 e. The summed E-state index contributed by atoms with van der Waals surface area (Å²) in [5.41, 5.74) is 2.51. The first-order valence-corrected chi connectivity index (χ1v) is 6.55. The predicted octanol–water partition coefficient (Wildman–Crippen LogP) is 1.78. The van der Waals surface area contributed by atoms with E-state index in [1.54, 1.807) is 0 Å². The van der Waals surface area contributed by atoms with Crippen LogP contribution < -0.4 is 0 Å². The van der Waals surface area contributed by atoms with Crippen LogP contribution in [0.5, 0.6) is 0 Å². The van der Waals surface area contributed by atoms with E-state index in [0.29, 0.717) is 6.04 Å². The van der Waals surface area contributed by atoms with E-state index in [4.69, 9.17) is 0 Å². The van der Waals surface area contributed by atoms with Crippen molar-refractivity contribution in [3.8, 4) is 0 Å². The fraction of sp³-hybridized carbons (Fsp3) is 0.643. The molecule has 0 bridgehead atoms. The first kappa shape index (κ1) is 12.5. The van der Waals surface area contributed by atoms with Gasteiger partial charge >= 0.3 is 0 Å². The number of hydrogen-bond donors (Lipinski definition) is 0. The monoisotopic (exact) mass is 233 g/mol. The lowest BCUT2D eigenvalue weighted by Crippen LogP contribution is -2.49. The second kappa shape index (κ2) is 5.61. The van der Waals surface area contributed by atoms with Crippen LogP contribution in [0.3, 0.4) is 0 Å². The van der Waals surface area contributed by atoms with Crippen molar-refractivity contribution in [2.75, 3.05) is 26.7 Å². The van der Waals surface area contributed by atoms with Gasteiger partial charge in [0.1, 0.15) is 0 Å². The fourth-order valence-corrected chi connectivity index (χ4v) is 2.40. The molecule has 1 atom stereocenters. The van der Waals surface area contributed by atoms with Gasteiger partial charge in [-0.05, 0) is 32.0 Å². The molecule has 0 N–H and O–H groups in total. The van der Waals surface area contributed by atoms with Crippen molar-refractivity contribution >= 4 is 0 Å². The second-order valence-electron chi connectivity index (χ2n) is 5.09. The number of nitrogens with zero attached hydrogens (tertiary/aromatic N) is 3. The summed E-state index contributed by atoms with van der Waals surface area (Å²) in [5, 5.41) is 0. The molecule has 3 heteroatoms. The topological polar surface area (TPSA) is 19.4 Å². The van der Waals surface area contributed by atoms with E-state index < -0.39 is 0 Å². The van der Waals surface area contributed by atoms with Gasteiger partial charge < -0.3 is 4.90 Å². The molecule has 1 aliphatic heterocycles. The summed E-state index contributed by atoms with van der Waals surface area (Å²) >= 11 is 0. The average molecular weight is 233 g/mol. The molecule has 0 spiro atoms. The fourth-order valence-electron chi connectivity index (χ4n) is 2.40. The second-order valence-corrected chi connectivity index (χ2v) is 5.09. The van der Waals surface area contributed by atoms with Crippen LogP contribution >= 0.6 is 0 Å². The van der Waals surface area contributed by atoms with Gasteiger partial charge in [-0.1, -0.05) is 13.0 Å². The molecule has 1 saturated heterocycles. The van der Waals surface area contributed by atoms with Crippen LogP contribution in [0.4, 0.5) is 0 Å². The number of piperazine rings is 1. The summed E-state index contributed by atoms with van der Waals surface area (Å²) in [7, 11) is 2.20. The number of hydrogen-bond acceptors (Lipinski definition) is 3. The Hall–Kier alpha value is -0.930. The number of aryl methyl sites for hydroxylation is 1. The summed E-state index contributed by atoms with van der Waals surface area (Å²) in [6, 6.07) is 5.01. The Morgan fingerprint density at radius 1 is 1.35 bits per heavy atom. The highest BCUT2D eigenvalue weighted by Crippen LogP contribution is 2.12. The van der Waals surface area contributed by atoms with Crippen molar-refractivity contribution in [3.05, 3.63) is 29.6 Å². The van der Waals surface area contributed by atoms with Crippen LogP contribution in [-0.2, 0) is 13.0 Å². The first-order chi connectivity index (χ1) is 8.19. The predicted molar refractivity (Wildman–Crippen MR) is 71.0 cm³/mol. The van der Waals surface area contributed by atoms with Crippen LogP contribution in [0.15, 0.2) is 18.3 Å². The summed E-state index contributed by atoms with van der Waals surface area (Å²) in [4.78, 5) is 9.41. The summed E-state index contributed by atoms with van der Waals surface area (Å²) < 4.78 is 0. The number of likely N-dealkylation sites (N-methyl/N-ethyl adjacent to an activating group) is 1. The molecule has 0 aliphatic carbocycles. The standard InChI is InChI=1S/C14H23N3/c1-4-14-6-5-13(9-15-14)11-17-8-7-16(3)10-12(17)2/h5-6,9,12H,4,7-8,10-11H2,1-3H3/t12-/m0/s1. The largest absolute Gasteiger partial charge is 0.304 e. The maximum absolute atomic E-state index is 4.47. The van der Waals surface area contributed by atoms with E-state index >= 15 is 0 Å². The summed E-state index contributed by atoms with van der Waals surface area (Å²) in [6.45, 7) is 8.98. The summed E-state index contributed by atoms with van der Waals surface area (Å²) in [6.07, 6.45) is 3.05. The van der Waals surface area contributed by atoms with Crippen molar-refractivity contribution in [3.63, 3.8) is 0 Å². The highest BCUT2D eigenvalue weighted by Gasteiger charge is 2.21. The minimum absolute atomic E-state index is 0.639. The third kappa shape index (κ3) is 3.27. The first-order valence-electron chi connectivity index (χ1n) is 6.55. The van der Waals surface area contributed by atoms with E-state index in [1.165, 1.54) is 24.3 Å². The maximum Gasteiger partial charge on any atom is 0.0401 e. The van der Waals surface area contributed by atoms with Gasteiger partial charge in [-0.2, -0.15) is 0 Å². The number of pyridine rings is 1. The van der Waals surface area contributed by atoms with Crippen molar-refractivity contribution < 1.29 is 0 Å².